The van der Waals surface area contributed by atoms with Gasteiger partial charge in [-0.25, -0.2) is 9.59 Å². The number of methoxy groups -OCH3 is 1. The minimum absolute atomic E-state index is 0.0162. The van der Waals surface area contributed by atoms with Crippen LogP contribution in [0.5, 0.6) is 0 Å². The molecule has 1 fully saturated rings. The first-order valence-corrected chi connectivity index (χ1v) is 17.0. The van der Waals surface area contributed by atoms with Crippen molar-refractivity contribution in [1.29, 1.82) is 0 Å². The highest BCUT2D eigenvalue weighted by atomic mass is 35.5. The SMILES string of the molecule is COC(=O)Nc1ccc(-c2cc(C(CC3CCN(C(=O)OCc4ccccc4)C3)NC(=O)/C=C/c3cc(Cl)ccc3-n3cnnn3)nnc2Cl)cc1. The van der Waals surface area contributed by atoms with E-state index in [1.807, 2.05) is 30.3 Å². The molecule has 14 nitrogen and oxygen atoms in total. The number of tetrazole rings is 1. The van der Waals surface area contributed by atoms with Gasteiger partial charge in [0, 0.05) is 41.0 Å². The highest BCUT2D eigenvalue weighted by molar-refractivity contribution is 6.32. The summed E-state index contributed by atoms with van der Waals surface area (Å²) in [5, 5.41) is 26.3. The molecule has 0 radical (unpaired) electrons. The first kappa shape index (κ1) is 35.9. The monoisotopic (exact) mass is 741 g/mol. The minimum atomic E-state index is -0.607. The van der Waals surface area contributed by atoms with E-state index >= 15 is 0 Å². The van der Waals surface area contributed by atoms with Crippen molar-refractivity contribution in [3.8, 4) is 16.8 Å². The summed E-state index contributed by atoms with van der Waals surface area (Å²) < 4.78 is 11.7. The highest BCUT2D eigenvalue weighted by Gasteiger charge is 2.31. The lowest BCUT2D eigenvalue weighted by molar-refractivity contribution is -0.117. The number of rotatable bonds is 11. The molecule has 6 rings (SSSR count). The van der Waals surface area contributed by atoms with Gasteiger partial charge in [-0.05, 0) is 82.8 Å². The number of amides is 3. The Morgan fingerprint density at radius 1 is 1.02 bits per heavy atom. The van der Waals surface area contributed by atoms with Crippen molar-refractivity contribution in [2.45, 2.75) is 25.5 Å². The van der Waals surface area contributed by atoms with Gasteiger partial charge >= 0.3 is 12.2 Å². The fraction of sp³-hybridized carbons (Fsp3) is 0.222. The van der Waals surface area contributed by atoms with E-state index in [-0.39, 0.29) is 17.7 Å². The summed E-state index contributed by atoms with van der Waals surface area (Å²) in [4.78, 5) is 39.8. The maximum Gasteiger partial charge on any atom is 0.411 e. The average Bonchev–Trinajstić information content (AvgIpc) is 3.87. The van der Waals surface area contributed by atoms with E-state index in [9.17, 15) is 14.4 Å². The van der Waals surface area contributed by atoms with Gasteiger partial charge in [0.15, 0.2) is 5.15 Å². The van der Waals surface area contributed by atoms with Crippen LogP contribution in [0.4, 0.5) is 15.3 Å². The number of nitrogens with zero attached hydrogens (tertiary/aromatic N) is 7. The van der Waals surface area contributed by atoms with Gasteiger partial charge < -0.3 is 19.7 Å². The lowest BCUT2D eigenvalue weighted by atomic mass is 9.95. The quantitative estimate of drug-likeness (QED) is 0.142. The summed E-state index contributed by atoms with van der Waals surface area (Å²) in [6, 6.07) is 22.8. The zero-order chi connectivity index (χ0) is 36.5. The molecule has 2 N–H and O–H groups in total. The number of nitrogens with one attached hydrogen (secondary N) is 2. The van der Waals surface area contributed by atoms with Gasteiger partial charge in [-0.15, -0.1) is 10.2 Å². The van der Waals surface area contributed by atoms with Crippen LogP contribution in [-0.2, 0) is 20.9 Å². The van der Waals surface area contributed by atoms with Gasteiger partial charge in [0.25, 0.3) is 0 Å². The Morgan fingerprint density at radius 2 is 1.83 bits per heavy atom. The van der Waals surface area contributed by atoms with Crippen molar-refractivity contribution in [3.63, 3.8) is 0 Å². The van der Waals surface area contributed by atoms with Gasteiger partial charge in [-0.2, -0.15) is 9.78 Å². The molecule has 52 heavy (non-hydrogen) atoms. The normalized spacial score (nSPS) is 14.6. The van der Waals surface area contributed by atoms with Crippen molar-refractivity contribution in [2.24, 2.45) is 5.92 Å². The molecule has 2 atom stereocenters. The molecule has 5 aromatic rings. The molecule has 0 bridgehead atoms. The van der Waals surface area contributed by atoms with Crippen LogP contribution in [0, 0.1) is 5.92 Å². The summed E-state index contributed by atoms with van der Waals surface area (Å²) in [6.45, 7) is 1.13. The zero-order valence-corrected chi connectivity index (χ0v) is 29.4. The van der Waals surface area contributed by atoms with Crippen molar-refractivity contribution in [2.75, 3.05) is 25.5 Å². The first-order valence-electron chi connectivity index (χ1n) is 16.2. The van der Waals surface area contributed by atoms with E-state index in [0.717, 1.165) is 5.56 Å². The number of likely N-dealkylation sites (tertiary alicyclic amines) is 1. The molecule has 1 aliphatic heterocycles. The van der Waals surface area contributed by atoms with Gasteiger partial charge in [-0.1, -0.05) is 65.7 Å². The van der Waals surface area contributed by atoms with Crippen LogP contribution in [-0.4, -0.2) is 73.6 Å². The van der Waals surface area contributed by atoms with Crippen molar-refractivity contribution < 1.29 is 23.9 Å². The molecule has 266 valence electrons. The molecule has 1 saturated heterocycles. The Hall–Kier alpha value is -5.86. The topological polar surface area (TPSA) is 166 Å². The molecule has 2 unspecified atom stereocenters. The number of benzene rings is 3. The number of hydrogen-bond donors (Lipinski definition) is 2. The lowest BCUT2D eigenvalue weighted by Gasteiger charge is -2.22. The van der Waals surface area contributed by atoms with Crippen molar-refractivity contribution >= 4 is 53.1 Å². The van der Waals surface area contributed by atoms with E-state index in [4.69, 9.17) is 27.9 Å². The van der Waals surface area contributed by atoms with E-state index in [0.29, 0.717) is 64.7 Å². The molecular formula is C36H33Cl2N9O5. The fourth-order valence-electron chi connectivity index (χ4n) is 5.78. The molecule has 0 spiro atoms. The zero-order valence-electron chi connectivity index (χ0n) is 27.9. The van der Waals surface area contributed by atoms with E-state index in [1.54, 1.807) is 59.5 Å². The second-order valence-electron chi connectivity index (χ2n) is 11.9. The summed E-state index contributed by atoms with van der Waals surface area (Å²) >= 11 is 12.8. The van der Waals surface area contributed by atoms with Crippen molar-refractivity contribution in [1.82, 2.24) is 40.6 Å². The standard InChI is InChI=1S/C36H33Cl2N9O5/c1-51-35(49)40-28-11-7-25(8-12-28)29-19-31(42-43-34(29)38)30(17-24-15-16-46(20-24)36(50)52-21-23-5-3-2-4-6-23)41-33(48)14-9-26-18-27(37)10-13-32(26)47-22-39-44-45-47/h2-14,18-19,22,24,30H,15-17,20-21H2,1H3,(H,40,49)(H,41,48)/b14-9+. The Labute approximate surface area is 308 Å². The minimum Gasteiger partial charge on any atom is -0.453 e. The van der Waals surface area contributed by atoms with Crippen LogP contribution in [0.25, 0.3) is 22.9 Å². The maximum atomic E-state index is 13.5. The van der Waals surface area contributed by atoms with Gasteiger partial charge in [-0.3, -0.25) is 10.1 Å². The second kappa shape index (κ2) is 16.9. The summed E-state index contributed by atoms with van der Waals surface area (Å²) in [6.07, 6.45) is 4.62. The van der Waals surface area contributed by atoms with Crippen LogP contribution in [0.15, 0.2) is 91.3 Å². The Balaban J connectivity index is 1.22. The predicted molar refractivity (Wildman–Crippen MR) is 194 cm³/mol. The molecule has 3 amide bonds. The Kier molecular flexibility index (Phi) is 11.7. The first-order chi connectivity index (χ1) is 25.2. The lowest BCUT2D eigenvalue weighted by Crippen LogP contribution is -2.32. The fourth-order valence-corrected chi connectivity index (χ4v) is 6.16. The molecule has 3 heterocycles. The van der Waals surface area contributed by atoms with Gasteiger partial charge in [0.05, 0.1) is 24.5 Å². The Bertz CT molecular complexity index is 2050. The predicted octanol–water partition coefficient (Wildman–Crippen LogP) is 6.52. The number of anilines is 1. The van der Waals surface area contributed by atoms with Crippen LogP contribution < -0.4 is 10.6 Å². The van der Waals surface area contributed by atoms with Crippen LogP contribution in [0.3, 0.4) is 0 Å². The molecule has 0 aliphatic carbocycles. The van der Waals surface area contributed by atoms with E-state index < -0.39 is 24.1 Å². The number of halogens is 2. The van der Waals surface area contributed by atoms with E-state index in [1.165, 1.54) is 24.2 Å². The molecular weight excluding hydrogens is 709 g/mol. The summed E-state index contributed by atoms with van der Waals surface area (Å²) in [5.74, 6) is -0.385. The maximum absolute atomic E-state index is 13.5. The molecule has 3 aromatic carbocycles. The van der Waals surface area contributed by atoms with Crippen LogP contribution in [0.1, 0.15) is 35.7 Å². The van der Waals surface area contributed by atoms with Crippen molar-refractivity contribution in [3.05, 3.63) is 118 Å². The average molecular weight is 743 g/mol. The molecule has 1 aliphatic rings. The number of hydrogen-bond acceptors (Lipinski definition) is 10. The number of carbonyl (C=O) groups excluding carboxylic acids is 3. The summed E-state index contributed by atoms with van der Waals surface area (Å²) in [7, 11) is 1.28. The molecule has 0 saturated carbocycles. The van der Waals surface area contributed by atoms with Crippen LogP contribution in [0.2, 0.25) is 10.2 Å². The van der Waals surface area contributed by atoms with Crippen LogP contribution >= 0.6 is 23.2 Å². The largest absolute Gasteiger partial charge is 0.453 e. The van der Waals surface area contributed by atoms with Gasteiger partial charge in [0.1, 0.15) is 12.9 Å². The Morgan fingerprint density at radius 3 is 2.58 bits per heavy atom. The third-order valence-electron chi connectivity index (χ3n) is 8.39. The second-order valence-corrected chi connectivity index (χ2v) is 12.7. The third kappa shape index (κ3) is 9.27. The van der Waals surface area contributed by atoms with Gasteiger partial charge in [0.2, 0.25) is 5.91 Å². The highest BCUT2D eigenvalue weighted by Crippen LogP contribution is 2.32. The molecule has 16 heteroatoms. The van der Waals surface area contributed by atoms with E-state index in [2.05, 4.69) is 41.1 Å². The number of ether oxygens (including phenoxy) is 2. The number of aromatic nitrogens is 6. The number of carbonyl (C=O) groups is 3. The summed E-state index contributed by atoms with van der Waals surface area (Å²) in [5.41, 5.74) is 4.44. The smallest absolute Gasteiger partial charge is 0.411 e. The molecule has 2 aromatic heterocycles. The third-order valence-corrected chi connectivity index (χ3v) is 8.90.